The number of fused-ring (bicyclic) bond motifs is 3. The van der Waals surface area contributed by atoms with E-state index < -0.39 is 18.1 Å². The van der Waals surface area contributed by atoms with Gasteiger partial charge < -0.3 is 15.2 Å². The minimum absolute atomic E-state index is 0.0348. The number of carbonyl (C=O) groups is 2. The fourth-order valence-electron chi connectivity index (χ4n) is 4.30. The molecule has 3 aromatic rings. The Hall–Kier alpha value is -3.60. The number of aliphatic carboxylic acids is 1. The molecule has 0 aromatic heterocycles. The van der Waals surface area contributed by atoms with Crippen LogP contribution < -0.4 is 5.32 Å². The zero-order valence-corrected chi connectivity index (χ0v) is 17.4. The van der Waals surface area contributed by atoms with E-state index in [9.17, 15) is 14.7 Å². The van der Waals surface area contributed by atoms with E-state index in [-0.39, 0.29) is 18.9 Å². The van der Waals surface area contributed by atoms with Crippen molar-refractivity contribution in [2.45, 2.75) is 31.7 Å². The molecule has 1 aliphatic carbocycles. The van der Waals surface area contributed by atoms with Crippen molar-refractivity contribution in [3.63, 3.8) is 0 Å². The first-order chi connectivity index (χ1) is 15.0. The number of benzene rings is 3. The number of carboxylic acid groups (broad SMARTS) is 1. The number of ether oxygens (including phenoxy) is 1. The van der Waals surface area contributed by atoms with Gasteiger partial charge in [0.25, 0.3) is 0 Å². The second kappa shape index (κ2) is 9.04. The summed E-state index contributed by atoms with van der Waals surface area (Å²) in [5.41, 5.74) is 6.67. The molecular formula is C26H25NO4. The zero-order valence-electron chi connectivity index (χ0n) is 17.4. The number of carboxylic acids is 1. The molecule has 0 saturated heterocycles. The third-order valence-corrected chi connectivity index (χ3v) is 5.81. The predicted molar refractivity (Wildman–Crippen MR) is 119 cm³/mol. The molecule has 0 bridgehead atoms. The van der Waals surface area contributed by atoms with Crippen molar-refractivity contribution < 1.29 is 19.4 Å². The van der Waals surface area contributed by atoms with E-state index in [0.717, 1.165) is 33.4 Å². The summed E-state index contributed by atoms with van der Waals surface area (Å²) in [6.45, 7) is 2.17. The number of carbonyl (C=O) groups excluding carboxylic acids is 1. The highest BCUT2D eigenvalue weighted by atomic mass is 16.5. The van der Waals surface area contributed by atoms with Gasteiger partial charge in [-0.05, 0) is 46.7 Å². The number of hydrogen-bond acceptors (Lipinski definition) is 3. The van der Waals surface area contributed by atoms with Gasteiger partial charge in [-0.15, -0.1) is 0 Å². The van der Waals surface area contributed by atoms with Crippen LogP contribution in [0.15, 0.2) is 72.8 Å². The zero-order chi connectivity index (χ0) is 21.8. The van der Waals surface area contributed by atoms with Crippen LogP contribution in [0, 0.1) is 6.92 Å². The standard InChI is InChI=1S/C26H25NO4/c1-17-8-2-3-9-18(17)14-19(15-25(28)29)27-26(30)31-16-24-22-12-6-4-10-20(22)21-11-5-7-13-23(21)24/h2-13,19,24H,14-16H2,1H3,(H,27,30)(H,28,29)/t19-/m1/s1. The van der Waals surface area contributed by atoms with Crippen LogP contribution in [0.25, 0.3) is 11.1 Å². The van der Waals surface area contributed by atoms with Crippen molar-refractivity contribution >= 4 is 12.1 Å². The van der Waals surface area contributed by atoms with Gasteiger partial charge in [0.05, 0.1) is 6.42 Å². The van der Waals surface area contributed by atoms with Crippen LogP contribution in [-0.2, 0) is 16.0 Å². The van der Waals surface area contributed by atoms with Gasteiger partial charge >= 0.3 is 12.1 Å². The van der Waals surface area contributed by atoms with Crippen LogP contribution in [0.3, 0.4) is 0 Å². The maximum atomic E-state index is 12.6. The maximum absolute atomic E-state index is 12.6. The Morgan fingerprint density at radius 2 is 1.52 bits per heavy atom. The summed E-state index contributed by atoms with van der Waals surface area (Å²) in [6.07, 6.45) is -0.330. The van der Waals surface area contributed by atoms with Crippen molar-refractivity contribution in [1.29, 1.82) is 0 Å². The summed E-state index contributed by atoms with van der Waals surface area (Å²) in [7, 11) is 0. The molecule has 31 heavy (non-hydrogen) atoms. The Balaban J connectivity index is 1.44. The lowest BCUT2D eigenvalue weighted by atomic mass is 9.98. The Morgan fingerprint density at radius 1 is 0.935 bits per heavy atom. The van der Waals surface area contributed by atoms with Gasteiger partial charge in [-0.1, -0.05) is 72.8 Å². The lowest BCUT2D eigenvalue weighted by Crippen LogP contribution is -2.39. The van der Waals surface area contributed by atoms with E-state index >= 15 is 0 Å². The molecule has 5 heteroatoms. The van der Waals surface area contributed by atoms with Crippen LogP contribution in [-0.4, -0.2) is 29.8 Å². The van der Waals surface area contributed by atoms with Gasteiger partial charge in [0.2, 0.25) is 0 Å². The molecule has 0 heterocycles. The summed E-state index contributed by atoms with van der Waals surface area (Å²) in [6, 6.07) is 23.5. The SMILES string of the molecule is Cc1ccccc1C[C@H](CC(=O)O)NC(=O)OCC1c2ccccc2-c2ccccc21. The number of rotatable bonds is 7. The summed E-state index contributed by atoms with van der Waals surface area (Å²) in [5.74, 6) is -0.995. The predicted octanol–water partition coefficient (Wildman–Crippen LogP) is 4.92. The minimum Gasteiger partial charge on any atom is -0.481 e. The van der Waals surface area contributed by atoms with E-state index in [0.29, 0.717) is 6.42 Å². The third-order valence-electron chi connectivity index (χ3n) is 5.81. The molecule has 0 saturated carbocycles. The van der Waals surface area contributed by atoms with Gasteiger partial charge in [0.15, 0.2) is 0 Å². The maximum Gasteiger partial charge on any atom is 0.407 e. The average Bonchev–Trinajstić information content (AvgIpc) is 3.07. The Bertz CT molecular complexity index is 1060. The first kappa shape index (κ1) is 20.7. The van der Waals surface area contributed by atoms with Crippen LogP contribution in [0.5, 0.6) is 0 Å². The third kappa shape index (κ3) is 4.61. The van der Waals surface area contributed by atoms with E-state index in [1.807, 2.05) is 55.5 Å². The molecule has 1 amide bonds. The van der Waals surface area contributed by atoms with Crippen molar-refractivity contribution in [3.05, 3.63) is 95.1 Å². The Morgan fingerprint density at radius 3 is 2.13 bits per heavy atom. The van der Waals surface area contributed by atoms with Crippen molar-refractivity contribution in [2.75, 3.05) is 6.61 Å². The Labute approximate surface area is 181 Å². The molecule has 3 aromatic carbocycles. The molecule has 2 N–H and O–H groups in total. The van der Waals surface area contributed by atoms with Crippen LogP contribution in [0.1, 0.15) is 34.6 Å². The minimum atomic E-state index is -0.961. The number of hydrogen-bond donors (Lipinski definition) is 2. The fraction of sp³-hybridized carbons (Fsp3) is 0.231. The molecule has 0 unspecified atom stereocenters. The molecule has 0 fully saturated rings. The number of aryl methyl sites for hydroxylation is 1. The van der Waals surface area contributed by atoms with Crippen molar-refractivity contribution in [3.8, 4) is 11.1 Å². The lowest BCUT2D eigenvalue weighted by molar-refractivity contribution is -0.137. The number of nitrogens with one attached hydrogen (secondary N) is 1. The van der Waals surface area contributed by atoms with E-state index in [2.05, 4.69) is 29.6 Å². The molecule has 5 nitrogen and oxygen atoms in total. The van der Waals surface area contributed by atoms with Crippen molar-refractivity contribution in [1.82, 2.24) is 5.32 Å². The van der Waals surface area contributed by atoms with E-state index in [1.54, 1.807) is 0 Å². The molecule has 0 spiro atoms. The highest BCUT2D eigenvalue weighted by Crippen LogP contribution is 2.44. The van der Waals surface area contributed by atoms with Gasteiger partial charge in [-0.2, -0.15) is 0 Å². The molecular weight excluding hydrogens is 390 g/mol. The first-order valence-electron chi connectivity index (χ1n) is 10.4. The second-order valence-electron chi connectivity index (χ2n) is 7.90. The van der Waals surface area contributed by atoms with Gasteiger partial charge in [-0.25, -0.2) is 4.79 Å². The van der Waals surface area contributed by atoms with Crippen LogP contribution >= 0.6 is 0 Å². The van der Waals surface area contributed by atoms with Gasteiger partial charge in [-0.3, -0.25) is 4.79 Å². The lowest BCUT2D eigenvalue weighted by Gasteiger charge is -2.19. The smallest absolute Gasteiger partial charge is 0.407 e. The highest BCUT2D eigenvalue weighted by molar-refractivity contribution is 5.79. The number of amides is 1. The highest BCUT2D eigenvalue weighted by Gasteiger charge is 2.29. The van der Waals surface area contributed by atoms with Gasteiger partial charge in [0.1, 0.15) is 6.61 Å². The largest absolute Gasteiger partial charge is 0.481 e. The monoisotopic (exact) mass is 415 g/mol. The summed E-state index contributed by atoms with van der Waals surface area (Å²) >= 11 is 0. The molecule has 4 rings (SSSR count). The summed E-state index contributed by atoms with van der Waals surface area (Å²) in [4.78, 5) is 23.9. The molecule has 0 aliphatic heterocycles. The molecule has 1 atom stereocenters. The van der Waals surface area contributed by atoms with Crippen LogP contribution in [0.2, 0.25) is 0 Å². The fourth-order valence-corrected chi connectivity index (χ4v) is 4.30. The molecule has 0 radical (unpaired) electrons. The normalized spacial score (nSPS) is 13.2. The average molecular weight is 415 g/mol. The van der Waals surface area contributed by atoms with Gasteiger partial charge in [0, 0.05) is 12.0 Å². The second-order valence-corrected chi connectivity index (χ2v) is 7.90. The van der Waals surface area contributed by atoms with Crippen LogP contribution in [0.4, 0.5) is 4.79 Å². The quantitative estimate of drug-likeness (QED) is 0.574. The van der Waals surface area contributed by atoms with Crippen molar-refractivity contribution in [2.24, 2.45) is 0 Å². The van der Waals surface area contributed by atoms with E-state index in [4.69, 9.17) is 4.74 Å². The molecule has 1 aliphatic rings. The molecule has 158 valence electrons. The number of alkyl carbamates (subject to hydrolysis) is 1. The first-order valence-corrected chi connectivity index (χ1v) is 10.4. The topological polar surface area (TPSA) is 75.6 Å². The Kier molecular flexibility index (Phi) is 6.03. The summed E-state index contributed by atoms with van der Waals surface area (Å²) in [5, 5.41) is 12.0. The summed E-state index contributed by atoms with van der Waals surface area (Å²) < 4.78 is 5.58. The van der Waals surface area contributed by atoms with E-state index in [1.165, 1.54) is 0 Å².